The normalized spacial score (nSPS) is 3.00. The van der Waals surface area contributed by atoms with Gasteiger partial charge in [-0.25, -0.2) is 0 Å². The van der Waals surface area contributed by atoms with Crippen LogP contribution in [0.5, 0.6) is 0 Å². The van der Waals surface area contributed by atoms with Gasteiger partial charge in [-0.3, -0.25) is 0 Å². The van der Waals surface area contributed by atoms with Gasteiger partial charge in [0, 0.05) is 0 Å². The molecule has 1 heteroatoms. The SMILES string of the molecule is CC.CC.CC.CP. The summed E-state index contributed by atoms with van der Waals surface area (Å²) in [6.07, 6.45) is 0. The number of hydrogen-bond acceptors (Lipinski definition) is 0. The van der Waals surface area contributed by atoms with Gasteiger partial charge in [0.25, 0.3) is 0 Å². The first-order valence-electron chi connectivity index (χ1n) is 3.58. The molecule has 1 unspecified atom stereocenters. The van der Waals surface area contributed by atoms with Crippen LogP contribution in [-0.2, 0) is 0 Å². The van der Waals surface area contributed by atoms with Crippen LogP contribution in [0.1, 0.15) is 41.5 Å². The first kappa shape index (κ1) is 23.7. The molecule has 0 spiro atoms. The predicted molar refractivity (Wildman–Crippen MR) is 49.7 cm³/mol. The molecule has 56 valence electrons. The maximum atomic E-state index is 2.42. The van der Waals surface area contributed by atoms with Gasteiger partial charge in [-0.05, 0) is 0 Å². The van der Waals surface area contributed by atoms with Gasteiger partial charge in [0.15, 0.2) is 0 Å². The topological polar surface area (TPSA) is 0 Å². The largest absolute Gasteiger partial charge is 0.141 e. The van der Waals surface area contributed by atoms with Crippen LogP contribution in [0, 0.1) is 0 Å². The summed E-state index contributed by atoms with van der Waals surface area (Å²) in [4.78, 5) is 0. The van der Waals surface area contributed by atoms with Crippen LogP contribution >= 0.6 is 9.24 Å². The van der Waals surface area contributed by atoms with Gasteiger partial charge < -0.3 is 0 Å². The van der Waals surface area contributed by atoms with E-state index in [1.54, 1.807) is 0 Å². The standard InChI is InChI=1S/3C2H6.CH5P/c4*1-2/h3*1-2H3;2H2,1H3. The summed E-state index contributed by atoms with van der Waals surface area (Å²) in [7, 11) is 2.42. The molecule has 0 N–H and O–H groups in total. The summed E-state index contributed by atoms with van der Waals surface area (Å²) < 4.78 is 0. The van der Waals surface area contributed by atoms with E-state index in [9.17, 15) is 0 Å². The fourth-order valence-electron chi connectivity index (χ4n) is 0. The summed E-state index contributed by atoms with van der Waals surface area (Å²) in [5.74, 6) is 0. The molecule has 0 bridgehead atoms. The monoisotopic (exact) mass is 138 g/mol. The van der Waals surface area contributed by atoms with Crippen molar-refractivity contribution in [2.75, 3.05) is 6.66 Å². The van der Waals surface area contributed by atoms with E-state index in [-0.39, 0.29) is 0 Å². The molecule has 0 saturated carbocycles. The van der Waals surface area contributed by atoms with Crippen LogP contribution in [0.25, 0.3) is 0 Å². The summed E-state index contributed by atoms with van der Waals surface area (Å²) in [6, 6.07) is 0. The molecular weight excluding hydrogens is 115 g/mol. The molecule has 0 fully saturated rings. The molecule has 0 aliphatic heterocycles. The van der Waals surface area contributed by atoms with Gasteiger partial charge in [0.05, 0.1) is 0 Å². The Morgan fingerprint density at radius 2 is 0.500 bits per heavy atom. The van der Waals surface area contributed by atoms with E-state index in [4.69, 9.17) is 0 Å². The van der Waals surface area contributed by atoms with E-state index >= 15 is 0 Å². The highest BCUT2D eigenvalue weighted by Gasteiger charge is 0.936. The smallest absolute Gasteiger partial charge is 0.0500 e. The average Bonchev–Trinajstić information content (AvgIpc) is 2.03. The molecular formula is C7H23P. The van der Waals surface area contributed by atoms with E-state index < -0.39 is 0 Å². The van der Waals surface area contributed by atoms with Gasteiger partial charge in [-0.15, -0.1) is 9.24 Å². The van der Waals surface area contributed by atoms with Gasteiger partial charge in [0.2, 0.25) is 0 Å². The Kier molecular flexibility index (Phi) is 4920. The minimum Gasteiger partial charge on any atom is -0.141 e. The third-order valence-electron chi connectivity index (χ3n) is 0. The highest BCUT2D eigenvalue weighted by atomic mass is 31.0. The second-order valence-corrected chi connectivity index (χ2v) is 0. The first-order chi connectivity index (χ1) is 4.00. The minimum atomic E-state index is 1.92. The van der Waals surface area contributed by atoms with Crippen molar-refractivity contribution < 1.29 is 0 Å². The van der Waals surface area contributed by atoms with Crippen molar-refractivity contribution in [3.8, 4) is 0 Å². The Hall–Kier alpha value is 0.430. The molecule has 0 saturated heterocycles. The summed E-state index contributed by atoms with van der Waals surface area (Å²) in [5, 5.41) is 0. The third kappa shape index (κ3) is 1030. The lowest BCUT2D eigenvalue weighted by Gasteiger charge is -1.10. The molecule has 0 heterocycles. The third-order valence-corrected chi connectivity index (χ3v) is 0. The molecule has 1 atom stereocenters. The molecule has 0 amide bonds. The van der Waals surface area contributed by atoms with Crippen LogP contribution in [0.15, 0.2) is 0 Å². The summed E-state index contributed by atoms with van der Waals surface area (Å²) in [5.41, 5.74) is 0. The minimum absolute atomic E-state index is 1.92. The number of hydrogen-bond donors (Lipinski definition) is 0. The van der Waals surface area contributed by atoms with Crippen LogP contribution < -0.4 is 0 Å². The van der Waals surface area contributed by atoms with Crippen molar-refractivity contribution >= 4 is 9.24 Å². The van der Waals surface area contributed by atoms with Crippen molar-refractivity contribution in [1.82, 2.24) is 0 Å². The average molecular weight is 138 g/mol. The lowest BCUT2D eigenvalue weighted by Crippen LogP contribution is -0.856. The molecule has 0 aliphatic carbocycles. The van der Waals surface area contributed by atoms with Gasteiger partial charge in [-0.1, -0.05) is 48.2 Å². The Balaban J connectivity index is -0.0000000133. The maximum absolute atomic E-state index is 2.42. The van der Waals surface area contributed by atoms with Crippen molar-refractivity contribution in [3.05, 3.63) is 0 Å². The second kappa shape index (κ2) is 1660. The zero-order chi connectivity index (χ0) is 8.00. The lowest BCUT2D eigenvalue weighted by atomic mass is 11.0. The van der Waals surface area contributed by atoms with Crippen LogP contribution in [0.2, 0.25) is 0 Å². The van der Waals surface area contributed by atoms with Crippen LogP contribution in [0.3, 0.4) is 0 Å². The zero-order valence-corrected chi connectivity index (χ0v) is 8.73. The molecule has 0 radical (unpaired) electrons. The second-order valence-electron chi connectivity index (χ2n) is 0. The van der Waals surface area contributed by atoms with Gasteiger partial charge >= 0.3 is 0 Å². The van der Waals surface area contributed by atoms with Crippen molar-refractivity contribution in [2.45, 2.75) is 41.5 Å². The Labute approximate surface area is 58.3 Å². The molecule has 0 aromatic carbocycles. The molecule has 8 heavy (non-hydrogen) atoms. The van der Waals surface area contributed by atoms with Gasteiger partial charge in [-0.2, -0.15) is 0 Å². The maximum Gasteiger partial charge on any atom is -0.0500 e. The van der Waals surface area contributed by atoms with Crippen molar-refractivity contribution in [2.24, 2.45) is 0 Å². The van der Waals surface area contributed by atoms with E-state index in [2.05, 4.69) is 9.24 Å². The highest BCUT2D eigenvalue weighted by molar-refractivity contribution is 7.15. The fraction of sp³-hybridized carbons (Fsp3) is 1.00. The van der Waals surface area contributed by atoms with Crippen molar-refractivity contribution in [1.29, 1.82) is 0 Å². The molecule has 0 aromatic rings. The quantitative estimate of drug-likeness (QED) is 0.449. The predicted octanol–water partition coefficient (Wildman–Crippen LogP) is 3.57. The highest BCUT2D eigenvalue weighted by Crippen LogP contribution is 1.46. The number of rotatable bonds is 0. The summed E-state index contributed by atoms with van der Waals surface area (Å²) in [6.45, 7) is 13.9. The van der Waals surface area contributed by atoms with E-state index in [0.29, 0.717) is 0 Å². The van der Waals surface area contributed by atoms with E-state index in [1.807, 2.05) is 48.2 Å². The Morgan fingerprint density at radius 1 is 0.500 bits per heavy atom. The molecule has 0 rings (SSSR count). The molecule has 0 aliphatic rings. The van der Waals surface area contributed by atoms with E-state index in [0.717, 1.165) is 0 Å². The summed E-state index contributed by atoms with van der Waals surface area (Å²) >= 11 is 0. The van der Waals surface area contributed by atoms with Crippen molar-refractivity contribution in [3.63, 3.8) is 0 Å². The Bertz CT molecular complexity index is 4.35. The molecule has 0 aromatic heterocycles. The Morgan fingerprint density at radius 3 is 0.500 bits per heavy atom. The van der Waals surface area contributed by atoms with Crippen LogP contribution in [0.4, 0.5) is 0 Å². The zero-order valence-electron chi connectivity index (χ0n) is 7.58. The molecule has 0 nitrogen and oxygen atoms in total. The first-order valence-corrected chi connectivity index (χ1v) is 4.73. The lowest BCUT2D eigenvalue weighted by molar-refractivity contribution is 1.50. The fourth-order valence-corrected chi connectivity index (χ4v) is 0. The van der Waals surface area contributed by atoms with Crippen LogP contribution in [-0.4, -0.2) is 6.66 Å². The van der Waals surface area contributed by atoms with E-state index in [1.165, 1.54) is 0 Å². The van der Waals surface area contributed by atoms with Gasteiger partial charge in [0.1, 0.15) is 0 Å².